The lowest BCUT2D eigenvalue weighted by Crippen LogP contribution is -2.27. The molecule has 1 aromatic rings. The number of hydrogen-bond donors (Lipinski definition) is 0. The zero-order chi connectivity index (χ0) is 11.1. The van der Waals surface area contributed by atoms with Gasteiger partial charge < -0.3 is 4.90 Å². The van der Waals surface area contributed by atoms with Crippen LogP contribution < -0.4 is 4.90 Å². The summed E-state index contributed by atoms with van der Waals surface area (Å²) in [5.41, 5.74) is 5.89. The molecule has 0 saturated heterocycles. The van der Waals surface area contributed by atoms with Gasteiger partial charge in [0.15, 0.2) is 0 Å². The van der Waals surface area contributed by atoms with E-state index < -0.39 is 0 Å². The van der Waals surface area contributed by atoms with Crippen molar-refractivity contribution < 1.29 is 0 Å². The van der Waals surface area contributed by atoms with Crippen molar-refractivity contribution in [2.45, 2.75) is 32.6 Å². The van der Waals surface area contributed by atoms with E-state index in [1.807, 2.05) is 7.05 Å². The Hall–Kier alpha value is -1.31. The topological polar surface area (TPSA) is 15.6 Å². The predicted molar refractivity (Wildman–Crippen MR) is 68.5 cm³/mol. The van der Waals surface area contributed by atoms with Gasteiger partial charge in [-0.05, 0) is 37.3 Å². The molecule has 0 amide bonds. The molecule has 0 aromatic heterocycles. The van der Waals surface area contributed by atoms with Gasteiger partial charge in [0, 0.05) is 25.7 Å². The second-order valence-corrected chi connectivity index (χ2v) is 4.86. The Bertz CT molecular complexity index is 460. The maximum absolute atomic E-state index is 4.44. The largest absolute Gasteiger partial charge is 0.329 e. The molecular formula is C14H18N2. The normalized spacial score (nSPS) is 21.1. The molecule has 1 aromatic carbocycles. The SMILES string of the molecule is CN=C1Cc2cc(C)cc3c2N1CCCC3. The van der Waals surface area contributed by atoms with Crippen molar-refractivity contribution in [3.8, 4) is 0 Å². The molecule has 0 aliphatic carbocycles. The monoisotopic (exact) mass is 214 g/mol. The molecule has 0 saturated carbocycles. The lowest BCUT2D eigenvalue weighted by Gasteiger charge is -2.19. The Labute approximate surface area is 97.0 Å². The van der Waals surface area contributed by atoms with Crippen molar-refractivity contribution in [2.75, 3.05) is 18.5 Å². The Morgan fingerprint density at radius 2 is 2.00 bits per heavy atom. The number of nitrogens with zero attached hydrogens (tertiary/aromatic N) is 2. The maximum Gasteiger partial charge on any atom is 0.107 e. The fraction of sp³-hybridized carbons (Fsp3) is 0.500. The van der Waals surface area contributed by atoms with E-state index in [4.69, 9.17) is 0 Å². The van der Waals surface area contributed by atoms with Crippen molar-refractivity contribution in [2.24, 2.45) is 4.99 Å². The second kappa shape index (κ2) is 3.62. The molecule has 16 heavy (non-hydrogen) atoms. The van der Waals surface area contributed by atoms with E-state index in [1.165, 1.54) is 47.5 Å². The first-order valence-corrected chi connectivity index (χ1v) is 6.15. The third kappa shape index (κ3) is 1.36. The smallest absolute Gasteiger partial charge is 0.107 e. The van der Waals surface area contributed by atoms with Crippen LogP contribution in [0.3, 0.4) is 0 Å². The molecule has 0 bridgehead atoms. The Kier molecular flexibility index (Phi) is 2.23. The quantitative estimate of drug-likeness (QED) is 0.648. The maximum atomic E-state index is 4.44. The van der Waals surface area contributed by atoms with E-state index in [1.54, 1.807) is 0 Å². The summed E-state index contributed by atoms with van der Waals surface area (Å²) < 4.78 is 0. The van der Waals surface area contributed by atoms with Gasteiger partial charge in [0.25, 0.3) is 0 Å². The summed E-state index contributed by atoms with van der Waals surface area (Å²) in [6.07, 6.45) is 4.85. The molecule has 0 N–H and O–H groups in total. The molecule has 2 aliphatic rings. The molecule has 0 unspecified atom stereocenters. The zero-order valence-corrected chi connectivity index (χ0v) is 10.1. The van der Waals surface area contributed by atoms with Crippen molar-refractivity contribution >= 4 is 11.5 Å². The van der Waals surface area contributed by atoms with Crippen LogP contribution in [0.2, 0.25) is 0 Å². The number of rotatable bonds is 0. The molecule has 2 nitrogen and oxygen atoms in total. The van der Waals surface area contributed by atoms with Crippen molar-refractivity contribution in [3.05, 3.63) is 28.8 Å². The number of amidine groups is 1. The molecule has 3 rings (SSSR count). The summed E-state index contributed by atoms with van der Waals surface area (Å²) in [5.74, 6) is 1.25. The van der Waals surface area contributed by atoms with Crippen LogP contribution in [0.4, 0.5) is 5.69 Å². The minimum Gasteiger partial charge on any atom is -0.329 e. The van der Waals surface area contributed by atoms with Crippen LogP contribution in [0.15, 0.2) is 17.1 Å². The van der Waals surface area contributed by atoms with Crippen LogP contribution in [-0.4, -0.2) is 19.4 Å². The summed E-state index contributed by atoms with van der Waals surface area (Å²) in [7, 11) is 1.92. The highest BCUT2D eigenvalue weighted by molar-refractivity contribution is 6.06. The van der Waals surface area contributed by atoms with Gasteiger partial charge in [-0.2, -0.15) is 0 Å². The van der Waals surface area contributed by atoms with Gasteiger partial charge in [-0.25, -0.2) is 0 Å². The highest BCUT2D eigenvalue weighted by Crippen LogP contribution is 2.37. The Morgan fingerprint density at radius 1 is 1.19 bits per heavy atom. The summed E-state index contributed by atoms with van der Waals surface area (Å²) in [6, 6.07) is 4.69. The predicted octanol–water partition coefficient (Wildman–Crippen LogP) is 2.72. The lowest BCUT2D eigenvalue weighted by molar-refractivity contribution is 0.765. The molecule has 84 valence electrons. The van der Waals surface area contributed by atoms with Gasteiger partial charge in [-0.15, -0.1) is 0 Å². The summed E-state index contributed by atoms with van der Waals surface area (Å²) in [5, 5.41) is 0. The van der Waals surface area contributed by atoms with Crippen molar-refractivity contribution in [1.82, 2.24) is 0 Å². The lowest BCUT2D eigenvalue weighted by atomic mass is 10.0. The minimum atomic E-state index is 1.03. The van der Waals surface area contributed by atoms with E-state index >= 15 is 0 Å². The van der Waals surface area contributed by atoms with Gasteiger partial charge in [-0.1, -0.05) is 17.7 Å². The van der Waals surface area contributed by atoms with E-state index in [0.29, 0.717) is 0 Å². The molecule has 0 spiro atoms. The first kappa shape index (κ1) is 9.88. The van der Waals surface area contributed by atoms with Crippen LogP contribution in [0, 0.1) is 6.92 Å². The molecular weight excluding hydrogens is 196 g/mol. The number of anilines is 1. The van der Waals surface area contributed by atoms with E-state index in [2.05, 4.69) is 28.9 Å². The highest BCUT2D eigenvalue weighted by Gasteiger charge is 2.28. The second-order valence-electron chi connectivity index (χ2n) is 4.86. The third-order valence-corrected chi connectivity index (χ3v) is 3.68. The Balaban J connectivity index is 2.20. The van der Waals surface area contributed by atoms with Gasteiger partial charge in [-0.3, -0.25) is 4.99 Å². The third-order valence-electron chi connectivity index (χ3n) is 3.68. The average Bonchev–Trinajstić information content (AvgIpc) is 2.47. The van der Waals surface area contributed by atoms with Gasteiger partial charge >= 0.3 is 0 Å². The highest BCUT2D eigenvalue weighted by atomic mass is 15.2. The van der Waals surface area contributed by atoms with Crippen LogP contribution in [0.1, 0.15) is 29.5 Å². The van der Waals surface area contributed by atoms with Crippen LogP contribution in [0.5, 0.6) is 0 Å². The van der Waals surface area contributed by atoms with Crippen molar-refractivity contribution in [1.29, 1.82) is 0 Å². The summed E-state index contributed by atoms with van der Waals surface area (Å²) in [6.45, 7) is 3.35. The molecule has 2 heteroatoms. The number of aryl methyl sites for hydroxylation is 2. The number of benzene rings is 1. The number of hydrogen-bond acceptors (Lipinski definition) is 1. The first-order valence-electron chi connectivity index (χ1n) is 6.15. The fourth-order valence-electron chi connectivity index (χ4n) is 3.03. The molecule has 0 atom stereocenters. The average molecular weight is 214 g/mol. The zero-order valence-electron chi connectivity index (χ0n) is 10.1. The van der Waals surface area contributed by atoms with E-state index in [0.717, 1.165) is 13.0 Å². The van der Waals surface area contributed by atoms with Gasteiger partial charge in [0.2, 0.25) is 0 Å². The van der Waals surface area contributed by atoms with Crippen LogP contribution in [-0.2, 0) is 12.8 Å². The summed E-state index contributed by atoms with van der Waals surface area (Å²) in [4.78, 5) is 6.88. The van der Waals surface area contributed by atoms with Gasteiger partial charge in [0.05, 0.1) is 0 Å². The number of aliphatic imine (C=N–C) groups is 1. The van der Waals surface area contributed by atoms with Gasteiger partial charge in [0.1, 0.15) is 5.84 Å². The minimum absolute atomic E-state index is 1.03. The Morgan fingerprint density at radius 3 is 2.81 bits per heavy atom. The van der Waals surface area contributed by atoms with E-state index in [9.17, 15) is 0 Å². The van der Waals surface area contributed by atoms with Crippen LogP contribution >= 0.6 is 0 Å². The van der Waals surface area contributed by atoms with Crippen molar-refractivity contribution in [3.63, 3.8) is 0 Å². The fourth-order valence-corrected chi connectivity index (χ4v) is 3.03. The van der Waals surface area contributed by atoms with E-state index in [-0.39, 0.29) is 0 Å². The summed E-state index contributed by atoms with van der Waals surface area (Å²) >= 11 is 0. The molecule has 0 radical (unpaired) electrons. The standard InChI is InChI=1S/C14H18N2/c1-10-7-11-5-3-4-6-16-13(15-2)9-12(8-10)14(11)16/h7-8H,3-6,9H2,1-2H3. The first-order chi connectivity index (χ1) is 7.79. The molecule has 0 fully saturated rings. The molecule has 2 aliphatic heterocycles. The molecule has 2 heterocycles. The van der Waals surface area contributed by atoms with Crippen LogP contribution in [0.25, 0.3) is 0 Å².